The minimum absolute atomic E-state index is 0.0884. The first-order chi connectivity index (χ1) is 9.94. The molecule has 1 aromatic rings. The maximum atomic E-state index is 12.5. The molecule has 0 aliphatic heterocycles. The summed E-state index contributed by atoms with van der Waals surface area (Å²) in [6.45, 7) is 7.37. The van der Waals surface area contributed by atoms with Gasteiger partial charge < -0.3 is 16.4 Å². The highest BCUT2D eigenvalue weighted by atomic mass is 32.1. The summed E-state index contributed by atoms with van der Waals surface area (Å²) < 4.78 is 0. The summed E-state index contributed by atoms with van der Waals surface area (Å²) in [4.78, 5) is 17.2. The summed E-state index contributed by atoms with van der Waals surface area (Å²) in [6.07, 6.45) is 5.62. The Morgan fingerprint density at radius 2 is 2.24 bits per heavy atom. The summed E-state index contributed by atoms with van der Waals surface area (Å²) in [5.41, 5.74) is 6.03. The first-order valence-electron chi connectivity index (χ1n) is 7.75. The van der Waals surface area contributed by atoms with Crippen LogP contribution in [0.3, 0.4) is 0 Å². The maximum absolute atomic E-state index is 12.5. The largest absolute Gasteiger partial charge is 0.382 e. The van der Waals surface area contributed by atoms with Crippen molar-refractivity contribution in [1.29, 1.82) is 0 Å². The third-order valence-corrected chi connectivity index (χ3v) is 5.23. The molecule has 1 aliphatic rings. The Labute approximate surface area is 130 Å². The normalized spacial score (nSPS) is 21.0. The highest BCUT2D eigenvalue weighted by Gasteiger charge is 2.34. The van der Waals surface area contributed by atoms with Crippen molar-refractivity contribution in [3.8, 4) is 0 Å². The van der Waals surface area contributed by atoms with Crippen molar-refractivity contribution in [2.75, 3.05) is 17.6 Å². The number of nitrogens with zero attached hydrogens (tertiary/aromatic N) is 1. The Morgan fingerprint density at radius 3 is 2.90 bits per heavy atom. The van der Waals surface area contributed by atoms with Crippen LogP contribution in [0, 0.1) is 5.41 Å². The zero-order valence-electron chi connectivity index (χ0n) is 13.2. The smallest absolute Gasteiger partial charge is 0.265 e. The van der Waals surface area contributed by atoms with E-state index in [4.69, 9.17) is 5.73 Å². The van der Waals surface area contributed by atoms with Gasteiger partial charge in [0.25, 0.3) is 5.91 Å². The van der Waals surface area contributed by atoms with E-state index in [0.717, 1.165) is 30.9 Å². The third-order valence-electron chi connectivity index (χ3n) is 4.20. The van der Waals surface area contributed by atoms with E-state index in [-0.39, 0.29) is 17.4 Å². The predicted octanol–water partition coefficient (Wildman–Crippen LogP) is 3.25. The van der Waals surface area contributed by atoms with Crippen molar-refractivity contribution in [3.63, 3.8) is 0 Å². The van der Waals surface area contributed by atoms with Gasteiger partial charge in [-0.25, -0.2) is 4.98 Å². The monoisotopic (exact) mass is 310 g/mol. The summed E-state index contributed by atoms with van der Waals surface area (Å²) in [5.74, 6) is 0.235. The number of nitrogens with one attached hydrogen (secondary N) is 2. The van der Waals surface area contributed by atoms with Crippen LogP contribution in [0.2, 0.25) is 0 Å². The van der Waals surface area contributed by atoms with Crippen LogP contribution in [0.25, 0.3) is 0 Å². The molecule has 1 aliphatic carbocycles. The molecule has 1 saturated carbocycles. The van der Waals surface area contributed by atoms with E-state index in [1.165, 1.54) is 24.2 Å². The number of thiazole rings is 1. The van der Waals surface area contributed by atoms with E-state index >= 15 is 0 Å². The van der Waals surface area contributed by atoms with Crippen molar-refractivity contribution in [2.24, 2.45) is 5.41 Å². The van der Waals surface area contributed by atoms with Crippen molar-refractivity contribution < 1.29 is 4.79 Å². The van der Waals surface area contributed by atoms with Crippen molar-refractivity contribution >= 4 is 28.2 Å². The van der Waals surface area contributed by atoms with E-state index in [9.17, 15) is 4.79 Å². The Hall–Kier alpha value is -1.30. The average Bonchev–Trinajstić information content (AvgIpc) is 2.80. The average molecular weight is 310 g/mol. The Kier molecular flexibility index (Phi) is 5.08. The lowest BCUT2D eigenvalue weighted by atomic mass is 9.73. The molecule has 0 saturated heterocycles. The zero-order valence-corrected chi connectivity index (χ0v) is 14.0. The van der Waals surface area contributed by atoms with Gasteiger partial charge in [-0.2, -0.15) is 0 Å². The molecule has 1 fully saturated rings. The van der Waals surface area contributed by atoms with Crippen molar-refractivity contribution in [2.45, 2.75) is 58.9 Å². The summed E-state index contributed by atoms with van der Waals surface area (Å²) in [5, 5.41) is 7.06. The highest BCUT2D eigenvalue weighted by molar-refractivity contribution is 7.18. The molecule has 5 nitrogen and oxygen atoms in total. The second kappa shape index (κ2) is 6.64. The van der Waals surface area contributed by atoms with Gasteiger partial charge in [0.05, 0.1) is 0 Å². The van der Waals surface area contributed by atoms with E-state index in [1.54, 1.807) is 0 Å². The second-order valence-electron chi connectivity index (χ2n) is 6.42. The van der Waals surface area contributed by atoms with E-state index in [1.807, 2.05) is 0 Å². The second-order valence-corrected chi connectivity index (χ2v) is 7.42. The molecule has 1 unspecified atom stereocenters. The fourth-order valence-corrected chi connectivity index (χ4v) is 3.60. The number of carbonyl (C=O) groups excluding carboxylic acids is 1. The molecule has 2 rings (SSSR count). The summed E-state index contributed by atoms with van der Waals surface area (Å²) >= 11 is 1.34. The maximum Gasteiger partial charge on any atom is 0.265 e. The van der Waals surface area contributed by atoms with Crippen LogP contribution in [-0.2, 0) is 0 Å². The van der Waals surface area contributed by atoms with E-state index in [0.29, 0.717) is 10.7 Å². The van der Waals surface area contributed by atoms with Crippen LogP contribution in [0.5, 0.6) is 0 Å². The van der Waals surface area contributed by atoms with Crippen LogP contribution < -0.4 is 16.4 Å². The number of amides is 1. The molecule has 1 aromatic heterocycles. The molecule has 118 valence electrons. The summed E-state index contributed by atoms with van der Waals surface area (Å²) in [6, 6.07) is 0.215. The number of hydrogen-bond donors (Lipinski definition) is 3. The molecular formula is C15H26N4OS. The van der Waals surface area contributed by atoms with Gasteiger partial charge in [0.15, 0.2) is 5.13 Å². The van der Waals surface area contributed by atoms with Crippen LogP contribution in [0.1, 0.15) is 62.5 Å². The Morgan fingerprint density at radius 1 is 1.48 bits per heavy atom. The molecule has 1 amide bonds. The fourth-order valence-electron chi connectivity index (χ4n) is 2.79. The van der Waals surface area contributed by atoms with Gasteiger partial charge in [-0.1, -0.05) is 44.9 Å². The predicted molar refractivity (Wildman–Crippen MR) is 88.8 cm³/mol. The number of rotatable bonds is 5. The van der Waals surface area contributed by atoms with Crippen molar-refractivity contribution in [1.82, 2.24) is 10.3 Å². The van der Waals surface area contributed by atoms with Gasteiger partial charge in [0.2, 0.25) is 0 Å². The van der Waals surface area contributed by atoms with Crippen LogP contribution in [-0.4, -0.2) is 23.5 Å². The fraction of sp³-hybridized carbons (Fsp3) is 0.733. The molecule has 4 N–H and O–H groups in total. The zero-order chi connectivity index (χ0) is 15.5. The lowest BCUT2D eigenvalue weighted by molar-refractivity contribution is 0.0858. The van der Waals surface area contributed by atoms with E-state index < -0.39 is 0 Å². The minimum Gasteiger partial charge on any atom is -0.382 e. The molecular weight excluding hydrogens is 284 g/mol. The molecule has 0 spiro atoms. The van der Waals surface area contributed by atoms with Crippen LogP contribution in [0.4, 0.5) is 10.9 Å². The topological polar surface area (TPSA) is 80.0 Å². The number of nitrogen functional groups attached to an aromatic ring is 1. The van der Waals surface area contributed by atoms with Gasteiger partial charge in [-0.15, -0.1) is 0 Å². The first-order valence-corrected chi connectivity index (χ1v) is 8.56. The van der Waals surface area contributed by atoms with Gasteiger partial charge in [0.1, 0.15) is 10.7 Å². The minimum atomic E-state index is -0.0884. The standard InChI is InChI=1S/C15H26N4OS/c1-4-9-17-14-19-12(16)11(21-14)13(20)18-10-7-5-6-8-15(10,2)3/h10H,4-9,16H2,1-3H3,(H,17,19)(H,18,20). The highest BCUT2D eigenvalue weighted by Crippen LogP contribution is 2.36. The van der Waals surface area contributed by atoms with Gasteiger partial charge in [0, 0.05) is 12.6 Å². The van der Waals surface area contributed by atoms with Crippen molar-refractivity contribution in [3.05, 3.63) is 4.88 Å². The molecule has 0 aromatic carbocycles. The number of carbonyl (C=O) groups is 1. The van der Waals surface area contributed by atoms with E-state index in [2.05, 4.69) is 36.4 Å². The Balaban J connectivity index is 2.04. The SMILES string of the molecule is CCCNc1nc(N)c(C(=O)NC2CCCCC2(C)C)s1. The van der Waals surface area contributed by atoms with Gasteiger partial charge >= 0.3 is 0 Å². The van der Waals surface area contributed by atoms with Gasteiger partial charge in [-0.3, -0.25) is 4.79 Å². The summed E-state index contributed by atoms with van der Waals surface area (Å²) in [7, 11) is 0. The number of anilines is 2. The first kappa shape index (κ1) is 16.1. The van der Waals surface area contributed by atoms with Crippen LogP contribution in [0.15, 0.2) is 0 Å². The quantitative estimate of drug-likeness (QED) is 0.780. The lowest BCUT2D eigenvalue weighted by Crippen LogP contribution is -2.46. The third kappa shape index (κ3) is 3.87. The van der Waals surface area contributed by atoms with Gasteiger partial charge in [-0.05, 0) is 24.7 Å². The molecule has 1 atom stereocenters. The number of aromatic nitrogens is 1. The van der Waals surface area contributed by atoms with Crippen LogP contribution >= 0.6 is 11.3 Å². The lowest BCUT2D eigenvalue weighted by Gasteiger charge is -2.38. The number of nitrogens with two attached hydrogens (primary N) is 1. The Bertz CT molecular complexity index is 498. The number of hydrogen-bond acceptors (Lipinski definition) is 5. The molecule has 1 heterocycles. The molecule has 0 bridgehead atoms. The molecule has 6 heteroatoms. The molecule has 0 radical (unpaired) electrons. The molecule has 21 heavy (non-hydrogen) atoms.